The van der Waals surface area contributed by atoms with E-state index in [0.717, 1.165) is 24.3 Å². The SMILES string of the molecule is C.CC(C)(C)Cc1ccc(OC(C)(C)C)cc1.CC(C)(C)Cc1cccc(OC(C)(C)C)c1. The van der Waals surface area contributed by atoms with Crippen molar-refractivity contribution in [2.24, 2.45) is 10.8 Å². The fourth-order valence-corrected chi connectivity index (χ4v) is 3.33. The molecule has 188 valence electrons. The second kappa shape index (κ2) is 12.0. The van der Waals surface area contributed by atoms with Crippen molar-refractivity contribution >= 4 is 0 Å². The number of hydrogen-bond donors (Lipinski definition) is 0. The van der Waals surface area contributed by atoms with Crippen LogP contribution in [-0.2, 0) is 12.8 Å². The summed E-state index contributed by atoms with van der Waals surface area (Å²) < 4.78 is 11.6. The summed E-state index contributed by atoms with van der Waals surface area (Å²) in [6.45, 7) is 25.9. The number of ether oxygens (including phenoxy) is 2. The zero-order valence-corrected chi connectivity index (χ0v) is 22.8. The summed E-state index contributed by atoms with van der Waals surface area (Å²) in [4.78, 5) is 0. The van der Waals surface area contributed by atoms with Gasteiger partial charge >= 0.3 is 0 Å². The van der Waals surface area contributed by atoms with Crippen LogP contribution < -0.4 is 9.47 Å². The first-order valence-corrected chi connectivity index (χ1v) is 11.9. The molecule has 0 atom stereocenters. The molecule has 2 aromatic rings. The topological polar surface area (TPSA) is 18.5 Å². The fourth-order valence-electron chi connectivity index (χ4n) is 3.33. The minimum atomic E-state index is -0.125. The Bertz CT molecular complexity index is 738. The van der Waals surface area contributed by atoms with Crippen molar-refractivity contribution in [3.05, 3.63) is 59.7 Å². The monoisotopic (exact) mass is 456 g/mol. The molecule has 0 aliphatic carbocycles. The fraction of sp³-hybridized carbons (Fsp3) is 0.613. The van der Waals surface area contributed by atoms with Crippen LogP contribution in [0.5, 0.6) is 11.5 Å². The molecule has 0 heterocycles. The zero-order chi connectivity index (χ0) is 24.8. The van der Waals surface area contributed by atoms with Gasteiger partial charge in [-0.2, -0.15) is 0 Å². The Labute approximate surface area is 206 Å². The van der Waals surface area contributed by atoms with Crippen LogP contribution in [0.3, 0.4) is 0 Å². The molecule has 0 radical (unpaired) electrons. The Morgan fingerprint density at radius 2 is 0.939 bits per heavy atom. The van der Waals surface area contributed by atoms with E-state index in [2.05, 4.69) is 126 Å². The third-order valence-electron chi connectivity index (χ3n) is 4.14. The van der Waals surface area contributed by atoms with Crippen molar-refractivity contribution in [1.82, 2.24) is 0 Å². The summed E-state index contributed by atoms with van der Waals surface area (Å²) in [7, 11) is 0. The molecule has 2 rings (SSSR count). The van der Waals surface area contributed by atoms with Crippen molar-refractivity contribution in [3.8, 4) is 11.5 Å². The van der Waals surface area contributed by atoms with Crippen molar-refractivity contribution < 1.29 is 9.47 Å². The van der Waals surface area contributed by atoms with Crippen LogP contribution in [-0.4, -0.2) is 11.2 Å². The van der Waals surface area contributed by atoms with Crippen LogP contribution in [0.15, 0.2) is 48.5 Å². The Morgan fingerprint density at radius 3 is 1.36 bits per heavy atom. The zero-order valence-electron chi connectivity index (χ0n) is 22.8. The van der Waals surface area contributed by atoms with Gasteiger partial charge in [0.05, 0.1) is 0 Å². The van der Waals surface area contributed by atoms with Gasteiger partial charge in [0.15, 0.2) is 0 Å². The van der Waals surface area contributed by atoms with Gasteiger partial charge in [-0.05, 0) is 101 Å². The van der Waals surface area contributed by atoms with Crippen LogP contribution >= 0.6 is 0 Å². The molecule has 0 bridgehead atoms. The largest absolute Gasteiger partial charge is 0.488 e. The van der Waals surface area contributed by atoms with Crippen LogP contribution in [0.25, 0.3) is 0 Å². The maximum Gasteiger partial charge on any atom is 0.120 e. The average molecular weight is 457 g/mol. The molecule has 0 unspecified atom stereocenters. The van der Waals surface area contributed by atoms with Gasteiger partial charge in [0.1, 0.15) is 22.7 Å². The molecule has 0 aliphatic heterocycles. The van der Waals surface area contributed by atoms with Gasteiger partial charge in [0, 0.05) is 0 Å². The molecule has 0 amide bonds. The molecule has 2 aromatic carbocycles. The van der Waals surface area contributed by atoms with Crippen molar-refractivity contribution in [1.29, 1.82) is 0 Å². The molecule has 0 aromatic heterocycles. The third kappa shape index (κ3) is 16.3. The highest BCUT2D eigenvalue weighted by molar-refractivity contribution is 5.30. The van der Waals surface area contributed by atoms with Gasteiger partial charge in [-0.1, -0.05) is 73.2 Å². The highest BCUT2D eigenvalue weighted by Crippen LogP contribution is 2.25. The second-order valence-corrected chi connectivity index (χ2v) is 13.2. The molecule has 0 saturated carbocycles. The number of hydrogen-bond acceptors (Lipinski definition) is 2. The van der Waals surface area contributed by atoms with E-state index in [0.29, 0.717) is 10.8 Å². The lowest BCUT2D eigenvalue weighted by molar-refractivity contribution is 0.130. The van der Waals surface area contributed by atoms with E-state index in [4.69, 9.17) is 9.47 Å². The van der Waals surface area contributed by atoms with E-state index in [1.165, 1.54) is 11.1 Å². The van der Waals surface area contributed by atoms with Gasteiger partial charge in [-0.3, -0.25) is 0 Å². The van der Waals surface area contributed by atoms with Gasteiger partial charge in [0.25, 0.3) is 0 Å². The lowest BCUT2D eigenvalue weighted by Gasteiger charge is -2.23. The summed E-state index contributed by atoms with van der Waals surface area (Å²) in [5.74, 6) is 1.92. The first-order chi connectivity index (χ1) is 14.3. The van der Waals surface area contributed by atoms with Crippen LogP contribution in [0, 0.1) is 10.8 Å². The van der Waals surface area contributed by atoms with Crippen molar-refractivity contribution in [2.45, 2.75) is 115 Å². The standard InChI is InChI=1S/2C15H24O.CH4/c1-14(2,3)11-12-7-9-13(10-8-12)16-15(4,5)6;1-14(2,3)11-12-8-7-9-13(10-12)16-15(4,5)6;/h2*7-10H,11H2,1-6H3;1H4. The van der Waals surface area contributed by atoms with Gasteiger partial charge < -0.3 is 9.47 Å². The summed E-state index contributed by atoms with van der Waals surface area (Å²) >= 11 is 0. The van der Waals surface area contributed by atoms with E-state index < -0.39 is 0 Å². The number of benzene rings is 2. The van der Waals surface area contributed by atoms with Gasteiger partial charge in [-0.15, -0.1) is 0 Å². The van der Waals surface area contributed by atoms with Crippen LogP contribution in [0.1, 0.15) is 102 Å². The van der Waals surface area contributed by atoms with Gasteiger partial charge in [0.2, 0.25) is 0 Å². The average Bonchev–Trinajstić information content (AvgIpc) is 2.52. The first-order valence-electron chi connectivity index (χ1n) is 11.9. The third-order valence-corrected chi connectivity index (χ3v) is 4.14. The smallest absolute Gasteiger partial charge is 0.120 e. The minimum absolute atomic E-state index is 0. The molecule has 2 heteroatoms. The van der Waals surface area contributed by atoms with E-state index in [-0.39, 0.29) is 18.6 Å². The molecular formula is C31H52O2. The predicted molar refractivity (Wildman–Crippen MR) is 147 cm³/mol. The summed E-state index contributed by atoms with van der Waals surface area (Å²) in [5.41, 5.74) is 3.13. The number of rotatable bonds is 4. The Morgan fingerprint density at radius 1 is 0.515 bits per heavy atom. The normalized spacial score (nSPS) is 12.2. The Balaban J connectivity index is 0.000000602. The lowest BCUT2D eigenvalue weighted by Crippen LogP contribution is -2.23. The molecule has 0 fully saturated rings. The van der Waals surface area contributed by atoms with E-state index in [1.54, 1.807) is 0 Å². The molecule has 0 aliphatic rings. The molecule has 0 saturated heterocycles. The molecule has 0 N–H and O–H groups in total. The van der Waals surface area contributed by atoms with E-state index >= 15 is 0 Å². The van der Waals surface area contributed by atoms with E-state index in [1.807, 2.05) is 6.07 Å². The maximum atomic E-state index is 5.86. The van der Waals surface area contributed by atoms with Crippen molar-refractivity contribution in [3.63, 3.8) is 0 Å². The highest BCUT2D eigenvalue weighted by Gasteiger charge is 2.15. The molecular weight excluding hydrogens is 404 g/mol. The molecule has 2 nitrogen and oxygen atoms in total. The maximum absolute atomic E-state index is 5.86. The Hall–Kier alpha value is -1.96. The summed E-state index contributed by atoms with van der Waals surface area (Å²) in [6, 6.07) is 16.9. The second-order valence-electron chi connectivity index (χ2n) is 13.2. The van der Waals surface area contributed by atoms with Crippen molar-refractivity contribution in [2.75, 3.05) is 0 Å². The lowest BCUT2D eigenvalue weighted by atomic mass is 9.88. The molecule has 33 heavy (non-hydrogen) atoms. The Kier molecular flexibility index (Phi) is 11.2. The highest BCUT2D eigenvalue weighted by atomic mass is 16.5. The van der Waals surface area contributed by atoms with Crippen LogP contribution in [0.4, 0.5) is 0 Å². The molecule has 0 spiro atoms. The quantitative estimate of drug-likeness (QED) is 0.456. The van der Waals surface area contributed by atoms with Crippen LogP contribution in [0.2, 0.25) is 0 Å². The van der Waals surface area contributed by atoms with Gasteiger partial charge in [-0.25, -0.2) is 0 Å². The first kappa shape index (κ1) is 31.0. The van der Waals surface area contributed by atoms with E-state index in [9.17, 15) is 0 Å². The predicted octanol–water partition coefficient (Wildman–Crippen LogP) is 9.54. The summed E-state index contributed by atoms with van der Waals surface area (Å²) in [5, 5.41) is 0. The summed E-state index contributed by atoms with van der Waals surface area (Å²) in [6.07, 6.45) is 2.18. The minimum Gasteiger partial charge on any atom is -0.488 e.